The smallest absolute Gasteiger partial charge is 0.273 e. The Hall–Kier alpha value is -2.51. The predicted octanol–water partition coefficient (Wildman–Crippen LogP) is 2.96. The first-order valence-corrected chi connectivity index (χ1v) is 7.95. The van der Waals surface area contributed by atoms with Crippen molar-refractivity contribution in [2.75, 3.05) is 0 Å². The quantitative estimate of drug-likeness (QED) is 0.704. The molecule has 0 unspecified atom stereocenters. The molecular weight excluding hydrogens is 369 g/mol. The number of rotatable bonds is 4. The molecule has 3 N–H and O–H groups in total. The second-order valence-corrected chi connectivity index (χ2v) is 6.09. The van der Waals surface area contributed by atoms with Crippen LogP contribution >= 0.6 is 23.2 Å². The maximum atomic E-state index is 12.1. The minimum Gasteiger partial charge on any atom is -0.507 e. The first-order valence-electron chi connectivity index (χ1n) is 7.19. The van der Waals surface area contributed by atoms with Gasteiger partial charge in [0.05, 0.1) is 17.2 Å². The molecule has 9 heteroatoms. The molecule has 0 aliphatic carbocycles. The summed E-state index contributed by atoms with van der Waals surface area (Å²) in [7, 11) is 0. The number of halogens is 2. The molecule has 0 bridgehead atoms. The van der Waals surface area contributed by atoms with Crippen LogP contribution in [0.2, 0.25) is 10.0 Å². The highest BCUT2D eigenvalue weighted by Crippen LogP contribution is 2.23. The highest BCUT2D eigenvalue weighted by Gasteiger charge is 2.15. The Balaban J connectivity index is 2.03. The molecule has 2 amide bonds. The predicted molar refractivity (Wildman–Crippen MR) is 93.1 cm³/mol. The van der Waals surface area contributed by atoms with Gasteiger partial charge in [-0.05, 0) is 38.1 Å². The summed E-state index contributed by atoms with van der Waals surface area (Å²) in [6.07, 6.45) is 1.15. The molecule has 1 heterocycles. The van der Waals surface area contributed by atoms with Gasteiger partial charge < -0.3 is 9.84 Å². The standard InChI is InChI=1S/C16H15Cl2N3O4/c1-8(2)25-16-12(18)5-9(7-19-16)14(23)20-21-15(24)11-6-10(17)3-4-13(11)22/h3-8,22H,1-2H3,(H,20,23)(H,21,24). The zero-order valence-corrected chi connectivity index (χ0v) is 14.9. The van der Waals surface area contributed by atoms with Crippen LogP contribution in [-0.2, 0) is 0 Å². The number of aromatic nitrogens is 1. The van der Waals surface area contributed by atoms with Crippen LogP contribution in [0, 0.1) is 0 Å². The molecule has 1 aromatic carbocycles. The normalized spacial score (nSPS) is 10.4. The van der Waals surface area contributed by atoms with Gasteiger partial charge in [0.2, 0.25) is 5.88 Å². The number of carbonyl (C=O) groups is 2. The number of amides is 2. The number of hydrogen-bond acceptors (Lipinski definition) is 5. The lowest BCUT2D eigenvalue weighted by Crippen LogP contribution is -2.41. The van der Waals surface area contributed by atoms with Gasteiger partial charge in [-0.15, -0.1) is 0 Å². The van der Waals surface area contributed by atoms with E-state index >= 15 is 0 Å². The summed E-state index contributed by atoms with van der Waals surface area (Å²) in [4.78, 5) is 28.0. The molecular formula is C16H15Cl2N3O4. The highest BCUT2D eigenvalue weighted by atomic mass is 35.5. The lowest BCUT2D eigenvalue weighted by molar-refractivity contribution is 0.0844. The van der Waals surface area contributed by atoms with Crippen molar-refractivity contribution in [2.24, 2.45) is 0 Å². The molecule has 2 rings (SSSR count). The van der Waals surface area contributed by atoms with Crippen LogP contribution in [0.25, 0.3) is 0 Å². The molecule has 0 aliphatic heterocycles. The fraction of sp³-hybridized carbons (Fsp3) is 0.188. The Morgan fingerprint density at radius 1 is 1.16 bits per heavy atom. The number of phenols is 1. The summed E-state index contributed by atoms with van der Waals surface area (Å²) in [5.41, 5.74) is 4.41. The average molecular weight is 384 g/mol. The fourth-order valence-corrected chi connectivity index (χ4v) is 2.19. The molecule has 25 heavy (non-hydrogen) atoms. The second kappa shape index (κ2) is 8.04. The summed E-state index contributed by atoms with van der Waals surface area (Å²) in [5, 5.41) is 10.1. The van der Waals surface area contributed by atoms with Crippen molar-refractivity contribution < 1.29 is 19.4 Å². The molecule has 132 valence electrons. The molecule has 0 aliphatic rings. The van der Waals surface area contributed by atoms with Gasteiger partial charge in [-0.3, -0.25) is 20.4 Å². The summed E-state index contributed by atoms with van der Waals surface area (Å²) in [6.45, 7) is 3.64. The van der Waals surface area contributed by atoms with Crippen molar-refractivity contribution in [3.05, 3.63) is 51.6 Å². The van der Waals surface area contributed by atoms with Crippen molar-refractivity contribution in [1.82, 2.24) is 15.8 Å². The fourth-order valence-electron chi connectivity index (χ4n) is 1.80. The van der Waals surface area contributed by atoms with Crippen molar-refractivity contribution in [3.8, 4) is 11.6 Å². The third kappa shape index (κ3) is 4.98. The van der Waals surface area contributed by atoms with Crippen molar-refractivity contribution in [3.63, 3.8) is 0 Å². The third-order valence-corrected chi connectivity index (χ3v) is 3.42. The van der Waals surface area contributed by atoms with E-state index in [1.54, 1.807) is 0 Å². The molecule has 0 radical (unpaired) electrons. The van der Waals surface area contributed by atoms with Crippen LogP contribution in [0.1, 0.15) is 34.6 Å². The topological polar surface area (TPSA) is 101 Å². The first kappa shape index (κ1) is 18.8. The Morgan fingerprint density at radius 3 is 2.48 bits per heavy atom. The van der Waals surface area contributed by atoms with Gasteiger partial charge in [0.15, 0.2) is 0 Å². The zero-order valence-electron chi connectivity index (χ0n) is 13.3. The van der Waals surface area contributed by atoms with Crippen LogP contribution in [0.3, 0.4) is 0 Å². The van der Waals surface area contributed by atoms with Crippen LogP contribution in [0.5, 0.6) is 11.6 Å². The number of benzene rings is 1. The monoisotopic (exact) mass is 383 g/mol. The lowest BCUT2D eigenvalue weighted by atomic mass is 10.2. The highest BCUT2D eigenvalue weighted by molar-refractivity contribution is 6.32. The molecule has 0 fully saturated rings. The van der Waals surface area contributed by atoms with E-state index < -0.39 is 11.8 Å². The van der Waals surface area contributed by atoms with E-state index in [2.05, 4.69) is 15.8 Å². The summed E-state index contributed by atoms with van der Waals surface area (Å²) < 4.78 is 5.38. The SMILES string of the molecule is CC(C)Oc1ncc(C(=O)NNC(=O)c2cc(Cl)ccc2O)cc1Cl. The molecule has 0 atom stereocenters. The number of phenolic OH excluding ortho intramolecular Hbond substituents is 1. The molecule has 0 saturated carbocycles. The number of nitrogens with zero attached hydrogens (tertiary/aromatic N) is 1. The van der Waals surface area contributed by atoms with Gasteiger partial charge in [0.1, 0.15) is 10.8 Å². The molecule has 0 spiro atoms. The minimum absolute atomic E-state index is 0.0790. The Labute approximate surface area is 153 Å². The van der Waals surface area contributed by atoms with Gasteiger partial charge in [-0.25, -0.2) is 4.98 Å². The maximum Gasteiger partial charge on any atom is 0.273 e. The first-order chi connectivity index (χ1) is 11.8. The van der Waals surface area contributed by atoms with Crippen molar-refractivity contribution >= 4 is 35.0 Å². The van der Waals surface area contributed by atoms with E-state index in [4.69, 9.17) is 27.9 Å². The Bertz CT molecular complexity index is 812. The van der Waals surface area contributed by atoms with Gasteiger partial charge in [-0.2, -0.15) is 0 Å². The third-order valence-electron chi connectivity index (χ3n) is 2.91. The maximum absolute atomic E-state index is 12.1. The van der Waals surface area contributed by atoms with Crippen LogP contribution in [-0.4, -0.2) is 28.0 Å². The average Bonchev–Trinajstić information content (AvgIpc) is 2.56. The van der Waals surface area contributed by atoms with Crippen LogP contribution in [0.4, 0.5) is 0 Å². The number of ether oxygens (including phenoxy) is 1. The molecule has 1 aromatic heterocycles. The van der Waals surface area contributed by atoms with E-state index in [9.17, 15) is 14.7 Å². The van der Waals surface area contributed by atoms with Gasteiger partial charge >= 0.3 is 0 Å². The number of aromatic hydroxyl groups is 1. The summed E-state index contributed by atoms with van der Waals surface area (Å²) in [5.74, 6) is -1.43. The Kier molecular flexibility index (Phi) is 6.06. The molecule has 2 aromatic rings. The Morgan fingerprint density at radius 2 is 1.84 bits per heavy atom. The number of pyridine rings is 1. The lowest BCUT2D eigenvalue weighted by Gasteiger charge is -2.11. The summed E-state index contributed by atoms with van der Waals surface area (Å²) in [6, 6.07) is 5.34. The van der Waals surface area contributed by atoms with E-state index in [1.807, 2.05) is 13.8 Å². The van der Waals surface area contributed by atoms with Crippen molar-refractivity contribution in [1.29, 1.82) is 0 Å². The number of nitrogens with one attached hydrogen (secondary N) is 2. The molecule has 0 saturated heterocycles. The number of hydrazine groups is 1. The summed E-state index contributed by atoms with van der Waals surface area (Å²) >= 11 is 11.8. The van der Waals surface area contributed by atoms with Gasteiger partial charge in [0, 0.05) is 11.2 Å². The van der Waals surface area contributed by atoms with E-state index in [0.717, 1.165) is 0 Å². The van der Waals surface area contributed by atoms with Crippen LogP contribution in [0.15, 0.2) is 30.5 Å². The van der Waals surface area contributed by atoms with Gasteiger partial charge in [0.25, 0.3) is 11.8 Å². The van der Waals surface area contributed by atoms with E-state index in [0.29, 0.717) is 0 Å². The zero-order chi connectivity index (χ0) is 18.6. The van der Waals surface area contributed by atoms with E-state index in [1.165, 1.54) is 30.5 Å². The number of hydrogen-bond donors (Lipinski definition) is 3. The van der Waals surface area contributed by atoms with Gasteiger partial charge in [-0.1, -0.05) is 23.2 Å². The largest absolute Gasteiger partial charge is 0.507 e. The number of carbonyl (C=O) groups excluding carboxylic acids is 2. The minimum atomic E-state index is -0.729. The van der Waals surface area contributed by atoms with E-state index in [-0.39, 0.29) is 38.9 Å². The van der Waals surface area contributed by atoms with Crippen molar-refractivity contribution in [2.45, 2.75) is 20.0 Å². The second-order valence-electron chi connectivity index (χ2n) is 5.25. The van der Waals surface area contributed by atoms with Crippen LogP contribution < -0.4 is 15.6 Å². The molecule has 7 nitrogen and oxygen atoms in total.